The van der Waals surface area contributed by atoms with Crippen LogP contribution in [0.15, 0.2) is 22.3 Å². The van der Waals surface area contributed by atoms with E-state index in [0.29, 0.717) is 5.70 Å². The van der Waals surface area contributed by atoms with Crippen LogP contribution in [-0.4, -0.2) is 58.6 Å². The Morgan fingerprint density at radius 1 is 1.32 bits per heavy atom. The van der Waals surface area contributed by atoms with Crippen LogP contribution in [0, 0.1) is 15.9 Å². The number of carbonyl (C=O) groups excluding carboxylic acids is 2. The summed E-state index contributed by atoms with van der Waals surface area (Å²) in [5, 5.41) is 11.2. The number of piperazine rings is 1. The summed E-state index contributed by atoms with van der Waals surface area (Å²) in [5.41, 5.74) is -1.57. The van der Waals surface area contributed by atoms with Crippen molar-refractivity contribution in [2.75, 3.05) is 26.2 Å². The standard InChI is InChI=1S/C18H19BrFN3O6.C2H6/c1-18(2,3)29-17(25)21-5-6-22-10(9-21)4-7-28-12-8-11(19)15(23(26)27)14(20)13(12)16(22)24;1-2/h4,8H,5-7,9H2,1-3H3;1-2H3/b10-4-;. The van der Waals surface area contributed by atoms with Gasteiger partial charge in [-0.3, -0.25) is 14.9 Å². The Morgan fingerprint density at radius 2 is 1.97 bits per heavy atom. The molecule has 11 heteroatoms. The van der Waals surface area contributed by atoms with Gasteiger partial charge in [0.1, 0.15) is 28.0 Å². The Labute approximate surface area is 188 Å². The van der Waals surface area contributed by atoms with Gasteiger partial charge in [0.2, 0.25) is 5.82 Å². The van der Waals surface area contributed by atoms with Gasteiger partial charge in [-0.1, -0.05) is 13.8 Å². The zero-order valence-electron chi connectivity index (χ0n) is 18.0. The van der Waals surface area contributed by atoms with Crippen LogP contribution in [0.25, 0.3) is 0 Å². The maximum atomic E-state index is 14.9. The van der Waals surface area contributed by atoms with Crippen molar-refractivity contribution < 1.29 is 28.4 Å². The van der Waals surface area contributed by atoms with Crippen molar-refractivity contribution in [3.05, 3.63) is 43.8 Å². The van der Waals surface area contributed by atoms with Crippen LogP contribution in [-0.2, 0) is 4.74 Å². The Bertz CT molecular complexity index is 928. The lowest BCUT2D eigenvalue weighted by Crippen LogP contribution is -2.51. The van der Waals surface area contributed by atoms with Gasteiger partial charge in [-0.05, 0) is 42.8 Å². The summed E-state index contributed by atoms with van der Waals surface area (Å²) in [6.07, 6.45) is 1.09. The van der Waals surface area contributed by atoms with Gasteiger partial charge in [-0.2, -0.15) is 4.39 Å². The highest BCUT2D eigenvalue weighted by Gasteiger charge is 2.37. The van der Waals surface area contributed by atoms with Crippen LogP contribution < -0.4 is 4.74 Å². The van der Waals surface area contributed by atoms with Gasteiger partial charge >= 0.3 is 11.8 Å². The monoisotopic (exact) mass is 501 g/mol. The molecule has 9 nitrogen and oxygen atoms in total. The van der Waals surface area contributed by atoms with Crippen LogP contribution in [0.5, 0.6) is 5.75 Å². The summed E-state index contributed by atoms with van der Waals surface area (Å²) in [7, 11) is 0. The number of nitro groups is 1. The average molecular weight is 502 g/mol. The molecule has 3 rings (SSSR count). The quantitative estimate of drug-likeness (QED) is 0.414. The Balaban J connectivity index is 0.00000166. The van der Waals surface area contributed by atoms with E-state index in [9.17, 15) is 24.1 Å². The molecule has 170 valence electrons. The molecule has 0 radical (unpaired) electrons. The number of amides is 2. The lowest BCUT2D eigenvalue weighted by Gasteiger charge is -2.38. The molecular weight excluding hydrogens is 477 g/mol. The van der Waals surface area contributed by atoms with Gasteiger partial charge in [0.15, 0.2) is 0 Å². The molecule has 0 atom stereocenters. The van der Waals surface area contributed by atoms with Crippen molar-refractivity contribution in [1.29, 1.82) is 0 Å². The SMILES string of the molecule is CC.CC(C)(C)OC(=O)N1CCN2C(=O)c3c(cc(Br)c([N+](=O)[O-])c3F)OC/C=C\2C1. The number of nitro benzene ring substituents is 1. The van der Waals surface area contributed by atoms with Crippen LogP contribution >= 0.6 is 15.9 Å². The maximum absolute atomic E-state index is 14.9. The fourth-order valence-electron chi connectivity index (χ4n) is 3.04. The van der Waals surface area contributed by atoms with E-state index >= 15 is 0 Å². The van der Waals surface area contributed by atoms with E-state index in [4.69, 9.17) is 9.47 Å². The van der Waals surface area contributed by atoms with Crippen molar-refractivity contribution in [3.63, 3.8) is 0 Å². The van der Waals surface area contributed by atoms with Crippen LogP contribution in [0.1, 0.15) is 45.0 Å². The summed E-state index contributed by atoms with van der Waals surface area (Å²) in [6.45, 7) is 9.58. The molecule has 2 heterocycles. The highest BCUT2D eigenvalue weighted by atomic mass is 79.9. The van der Waals surface area contributed by atoms with Crippen molar-refractivity contribution in [3.8, 4) is 5.75 Å². The van der Waals surface area contributed by atoms with E-state index in [1.807, 2.05) is 13.8 Å². The zero-order valence-corrected chi connectivity index (χ0v) is 19.6. The summed E-state index contributed by atoms with van der Waals surface area (Å²) >= 11 is 2.95. The van der Waals surface area contributed by atoms with Gasteiger partial charge in [0.25, 0.3) is 5.91 Å². The van der Waals surface area contributed by atoms with E-state index < -0.39 is 39.6 Å². The molecule has 2 aliphatic heterocycles. The summed E-state index contributed by atoms with van der Waals surface area (Å²) < 4.78 is 25.6. The summed E-state index contributed by atoms with van der Waals surface area (Å²) in [6, 6.07) is 1.21. The van der Waals surface area contributed by atoms with Gasteiger partial charge in [-0.25, -0.2) is 4.79 Å². The predicted octanol–water partition coefficient (Wildman–Crippen LogP) is 4.49. The van der Waals surface area contributed by atoms with Gasteiger partial charge in [-0.15, -0.1) is 0 Å². The number of nitrogens with zero attached hydrogens (tertiary/aromatic N) is 3. The number of rotatable bonds is 1. The Kier molecular flexibility index (Phi) is 7.63. The zero-order chi connectivity index (χ0) is 23.5. The molecule has 0 spiro atoms. The Morgan fingerprint density at radius 3 is 2.55 bits per heavy atom. The first kappa shape index (κ1) is 24.6. The van der Waals surface area contributed by atoms with Crippen molar-refractivity contribution in [1.82, 2.24) is 9.80 Å². The predicted molar refractivity (Wildman–Crippen MR) is 115 cm³/mol. The molecule has 0 aliphatic carbocycles. The minimum Gasteiger partial charge on any atom is -0.488 e. The smallest absolute Gasteiger partial charge is 0.410 e. The normalized spacial score (nSPS) is 17.5. The fourth-order valence-corrected chi connectivity index (χ4v) is 3.57. The molecule has 2 aliphatic rings. The second kappa shape index (κ2) is 9.63. The van der Waals surface area contributed by atoms with Crippen molar-refractivity contribution in [2.45, 2.75) is 40.2 Å². The minimum atomic E-state index is -1.26. The number of carbonyl (C=O) groups is 2. The van der Waals surface area contributed by atoms with E-state index in [2.05, 4.69) is 15.9 Å². The molecule has 0 N–H and O–H groups in total. The van der Waals surface area contributed by atoms with Gasteiger partial charge in [0.05, 0.1) is 11.5 Å². The molecule has 1 aromatic rings. The van der Waals surface area contributed by atoms with Gasteiger partial charge in [0, 0.05) is 24.9 Å². The molecule has 2 amide bonds. The highest BCUT2D eigenvalue weighted by Crippen LogP contribution is 2.38. The van der Waals surface area contributed by atoms with Crippen LogP contribution in [0.4, 0.5) is 14.9 Å². The second-order valence-electron chi connectivity index (χ2n) is 7.52. The second-order valence-corrected chi connectivity index (χ2v) is 8.37. The molecule has 1 saturated heterocycles. The number of hydrogen-bond acceptors (Lipinski definition) is 6. The number of hydrogen-bond donors (Lipinski definition) is 0. The molecule has 0 unspecified atom stereocenters. The maximum Gasteiger partial charge on any atom is 0.410 e. The third-order valence-corrected chi connectivity index (χ3v) is 4.91. The van der Waals surface area contributed by atoms with E-state index in [0.717, 1.165) is 0 Å². The third-order valence-electron chi connectivity index (χ3n) is 4.30. The van der Waals surface area contributed by atoms with E-state index in [1.165, 1.54) is 15.9 Å². The highest BCUT2D eigenvalue weighted by molar-refractivity contribution is 9.10. The molecule has 1 fully saturated rings. The molecule has 1 aromatic carbocycles. The summed E-state index contributed by atoms with van der Waals surface area (Å²) in [5.74, 6) is -2.11. The number of halogens is 2. The number of benzene rings is 1. The van der Waals surface area contributed by atoms with Crippen LogP contribution in [0.2, 0.25) is 0 Å². The average Bonchev–Trinajstić information content (AvgIpc) is 2.66. The van der Waals surface area contributed by atoms with E-state index in [1.54, 1.807) is 26.8 Å². The van der Waals surface area contributed by atoms with Crippen LogP contribution in [0.3, 0.4) is 0 Å². The van der Waals surface area contributed by atoms with Crippen molar-refractivity contribution in [2.24, 2.45) is 0 Å². The first-order valence-corrected chi connectivity index (χ1v) is 10.6. The molecule has 31 heavy (non-hydrogen) atoms. The Hall–Kier alpha value is -2.69. The fraction of sp³-hybridized carbons (Fsp3) is 0.500. The minimum absolute atomic E-state index is 0.00202. The largest absolute Gasteiger partial charge is 0.488 e. The first-order valence-electron chi connectivity index (χ1n) is 9.77. The third kappa shape index (κ3) is 5.33. The number of ether oxygens (including phenoxy) is 2. The molecule has 0 bridgehead atoms. The molecule has 0 saturated carbocycles. The first-order chi connectivity index (χ1) is 14.5. The molecular formula is C20H25BrFN3O6. The molecule has 0 aromatic heterocycles. The van der Waals surface area contributed by atoms with E-state index in [-0.39, 0.29) is 36.5 Å². The topological polar surface area (TPSA) is 102 Å². The van der Waals surface area contributed by atoms with Gasteiger partial charge < -0.3 is 19.3 Å². The lowest BCUT2D eigenvalue weighted by molar-refractivity contribution is -0.388. The lowest BCUT2D eigenvalue weighted by atomic mass is 10.1. The van der Waals surface area contributed by atoms with Crippen molar-refractivity contribution >= 4 is 33.6 Å². The summed E-state index contributed by atoms with van der Waals surface area (Å²) in [4.78, 5) is 38.4. The number of fused-ring (bicyclic) bond motifs is 2.